The van der Waals surface area contributed by atoms with Crippen molar-refractivity contribution >= 4 is 17.7 Å². The molecule has 4 heteroatoms. The van der Waals surface area contributed by atoms with Crippen molar-refractivity contribution in [3.63, 3.8) is 0 Å². The maximum Gasteiger partial charge on any atom is 0.320 e. The summed E-state index contributed by atoms with van der Waals surface area (Å²) in [4.78, 5) is 10.9. The minimum atomic E-state index is -0.704. The summed E-state index contributed by atoms with van der Waals surface area (Å²) in [5.74, 6) is -0.338. The third-order valence-electron chi connectivity index (χ3n) is 2.66. The van der Waals surface area contributed by atoms with Gasteiger partial charge >= 0.3 is 5.97 Å². The molecule has 0 amide bonds. The molecule has 0 aromatic rings. The van der Waals surface area contributed by atoms with E-state index in [1.807, 2.05) is 0 Å². The lowest BCUT2D eigenvalue weighted by Gasteiger charge is -2.25. The first-order valence-electron chi connectivity index (χ1n) is 4.97. The molecule has 0 aliphatic heterocycles. The molecular formula is C10H19NO2S. The van der Waals surface area contributed by atoms with Crippen LogP contribution in [-0.4, -0.2) is 34.7 Å². The molecule has 1 saturated carbocycles. The maximum atomic E-state index is 10.9. The van der Waals surface area contributed by atoms with Gasteiger partial charge in [-0.15, -0.1) is 0 Å². The average molecular weight is 217 g/mol. The first kappa shape index (κ1) is 11.9. The molecule has 0 aromatic heterocycles. The highest BCUT2D eigenvalue weighted by Crippen LogP contribution is 2.33. The number of thioether (sulfide) groups is 1. The van der Waals surface area contributed by atoms with Gasteiger partial charge in [-0.2, -0.15) is 11.8 Å². The third-order valence-corrected chi connectivity index (χ3v) is 3.91. The molecule has 0 aromatic carbocycles. The topological polar surface area (TPSA) is 49.3 Å². The van der Waals surface area contributed by atoms with Gasteiger partial charge in [0.2, 0.25) is 0 Å². The monoisotopic (exact) mass is 217 g/mol. The zero-order chi connectivity index (χ0) is 10.8. The zero-order valence-electron chi connectivity index (χ0n) is 9.04. The number of nitrogens with one attached hydrogen (secondary N) is 1. The van der Waals surface area contributed by atoms with Gasteiger partial charge in [0, 0.05) is 11.3 Å². The molecule has 2 N–H and O–H groups in total. The lowest BCUT2D eigenvalue weighted by Crippen LogP contribution is -2.44. The van der Waals surface area contributed by atoms with E-state index >= 15 is 0 Å². The van der Waals surface area contributed by atoms with Gasteiger partial charge in [0.05, 0.1) is 0 Å². The van der Waals surface area contributed by atoms with Crippen LogP contribution < -0.4 is 5.32 Å². The predicted octanol–water partition coefficient (Wildman–Crippen LogP) is 1.58. The van der Waals surface area contributed by atoms with Crippen molar-refractivity contribution < 1.29 is 9.90 Å². The van der Waals surface area contributed by atoms with Gasteiger partial charge in [-0.1, -0.05) is 0 Å². The van der Waals surface area contributed by atoms with Crippen LogP contribution in [0.4, 0.5) is 0 Å². The molecular weight excluding hydrogens is 198 g/mol. The van der Waals surface area contributed by atoms with Gasteiger partial charge in [-0.3, -0.25) is 4.79 Å². The molecule has 14 heavy (non-hydrogen) atoms. The molecule has 0 heterocycles. The Balaban J connectivity index is 2.37. The Morgan fingerprint density at radius 1 is 1.64 bits per heavy atom. The van der Waals surface area contributed by atoms with Crippen LogP contribution in [-0.2, 0) is 4.79 Å². The summed E-state index contributed by atoms with van der Waals surface area (Å²) in [6.07, 6.45) is 4.17. The predicted molar refractivity (Wildman–Crippen MR) is 59.7 cm³/mol. The Morgan fingerprint density at radius 3 is 2.57 bits per heavy atom. The number of hydrogen-bond acceptors (Lipinski definition) is 3. The molecule has 3 nitrogen and oxygen atoms in total. The van der Waals surface area contributed by atoms with Crippen LogP contribution >= 0.6 is 11.8 Å². The SMILES string of the molecule is CSC(C)(C)CNC(C(=O)O)C1CC1. The molecule has 1 rings (SSSR count). The summed E-state index contributed by atoms with van der Waals surface area (Å²) >= 11 is 1.76. The summed E-state index contributed by atoms with van der Waals surface area (Å²) in [6, 6.07) is -0.332. The second-order valence-electron chi connectivity index (χ2n) is 4.50. The second kappa shape index (κ2) is 4.53. The minimum absolute atomic E-state index is 0.114. The Hall–Kier alpha value is -0.220. The molecule has 82 valence electrons. The first-order valence-corrected chi connectivity index (χ1v) is 6.20. The molecule has 0 saturated heterocycles. The lowest BCUT2D eigenvalue weighted by molar-refractivity contribution is -0.140. The van der Waals surface area contributed by atoms with Gasteiger partial charge in [-0.05, 0) is 38.9 Å². The molecule has 0 spiro atoms. The van der Waals surface area contributed by atoms with E-state index in [-0.39, 0.29) is 10.8 Å². The number of carboxylic acid groups (broad SMARTS) is 1. The van der Waals surface area contributed by atoms with Crippen molar-refractivity contribution in [1.82, 2.24) is 5.32 Å². The van der Waals surface area contributed by atoms with E-state index < -0.39 is 5.97 Å². The highest BCUT2D eigenvalue weighted by Gasteiger charge is 2.36. The minimum Gasteiger partial charge on any atom is -0.480 e. The van der Waals surface area contributed by atoms with E-state index in [1.165, 1.54) is 0 Å². The second-order valence-corrected chi connectivity index (χ2v) is 6.01. The van der Waals surface area contributed by atoms with Crippen molar-refractivity contribution in [3.8, 4) is 0 Å². The van der Waals surface area contributed by atoms with E-state index in [2.05, 4.69) is 25.4 Å². The molecule has 1 fully saturated rings. The van der Waals surface area contributed by atoms with Gasteiger partial charge < -0.3 is 10.4 Å². The van der Waals surface area contributed by atoms with Crippen LogP contribution in [0.2, 0.25) is 0 Å². The zero-order valence-corrected chi connectivity index (χ0v) is 9.86. The van der Waals surface area contributed by atoms with Crippen LogP contribution in [0, 0.1) is 5.92 Å². The van der Waals surface area contributed by atoms with E-state index in [0.29, 0.717) is 5.92 Å². The fraction of sp³-hybridized carbons (Fsp3) is 0.900. The van der Waals surface area contributed by atoms with E-state index in [1.54, 1.807) is 11.8 Å². The normalized spacial score (nSPS) is 19.4. The van der Waals surface area contributed by atoms with E-state index in [9.17, 15) is 4.79 Å². The van der Waals surface area contributed by atoms with Crippen LogP contribution in [0.3, 0.4) is 0 Å². The number of carbonyl (C=O) groups is 1. The van der Waals surface area contributed by atoms with E-state index in [4.69, 9.17) is 5.11 Å². The third kappa shape index (κ3) is 3.50. The van der Waals surface area contributed by atoms with E-state index in [0.717, 1.165) is 19.4 Å². The smallest absolute Gasteiger partial charge is 0.320 e. The van der Waals surface area contributed by atoms with Gasteiger partial charge in [-0.25, -0.2) is 0 Å². The Morgan fingerprint density at radius 2 is 2.21 bits per heavy atom. The standard InChI is InChI=1S/C10H19NO2S/c1-10(2,14-3)6-11-8(9(12)13)7-4-5-7/h7-8,11H,4-6H2,1-3H3,(H,12,13). The fourth-order valence-electron chi connectivity index (χ4n) is 1.31. The van der Waals surface area contributed by atoms with Crippen molar-refractivity contribution in [2.75, 3.05) is 12.8 Å². The Labute approximate surface area is 89.6 Å². The summed E-state index contributed by atoms with van der Waals surface area (Å²) in [6.45, 7) is 4.99. The molecule has 1 atom stereocenters. The highest BCUT2D eigenvalue weighted by atomic mass is 32.2. The summed E-state index contributed by atoms with van der Waals surface area (Å²) in [7, 11) is 0. The van der Waals surface area contributed by atoms with Crippen molar-refractivity contribution in [2.24, 2.45) is 5.92 Å². The van der Waals surface area contributed by atoms with Crippen LogP contribution in [0.5, 0.6) is 0 Å². The first-order chi connectivity index (χ1) is 6.46. The average Bonchev–Trinajstić information content (AvgIpc) is 2.88. The van der Waals surface area contributed by atoms with Crippen LogP contribution in [0.25, 0.3) is 0 Å². The quantitative estimate of drug-likeness (QED) is 0.709. The molecule has 0 radical (unpaired) electrons. The van der Waals surface area contributed by atoms with Crippen molar-refractivity contribution in [2.45, 2.75) is 37.5 Å². The highest BCUT2D eigenvalue weighted by molar-refractivity contribution is 7.99. The van der Waals surface area contributed by atoms with Crippen LogP contribution in [0.1, 0.15) is 26.7 Å². The van der Waals surface area contributed by atoms with Gasteiger partial charge in [0.25, 0.3) is 0 Å². The summed E-state index contributed by atoms with van der Waals surface area (Å²) < 4.78 is 0.114. The van der Waals surface area contributed by atoms with Gasteiger partial charge in [0.15, 0.2) is 0 Å². The van der Waals surface area contributed by atoms with Gasteiger partial charge in [0.1, 0.15) is 6.04 Å². The van der Waals surface area contributed by atoms with Crippen molar-refractivity contribution in [3.05, 3.63) is 0 Å². The molecule has 1 aliphatic carbocycles. The number of carboxylic acids is 1. The molecule has 1 unspecified atom stereocenters. The largest absolute Gasteiger partial charge is 0.480 e. The summed E-state index contributed by atoms with van der Waals surface area (Å²) in [5.41, 5.74) is 0. The maximum absolute atomic E-state index is 10.9. The number of hydrogen-bond donors (Lipinski definition) is 2. The number of aliphatic carboxylic acids is 1. The van der Waals surface area contributed by atoms with Crippen molar-refractivity contribution in [1.29, 1.82) is 0 Å². The van der Waals surface area contributed by atoms with Crippen LogP contribution in [0.15, 0.2) is 0 Å². The fourth-order valence-corrected chi connectivity index (χ4v) is 1.54. The number of rotatable bonds is 6. The molecule has 1 aliphatic rings. The summed E-state index contributed by atoms with van der Waals surface area (Å²) in [5, 5.41) is 12.1. The lowest BCUT2D eigenvalue weighted by atomic mass is 10.1. The Kier molecular flexibility index (Phi) is 3.84. The molecule has 0 bridgehead atoms. The Bertz CT molecular complexity index is 214.